The van der Waals surface area contributed by atoms with Gasteiger partial charge in [-0.3, -0.25) is 14.9 Å². The fraction of sp³-hybridized carbons (Fsp3) is 0.300. The lowest BCUT2D eigenvalue weighted by atomic mass is 10.2. The monoisotopic (exact) mass is 380 g/mol. The van der Waals surface area contributed by atoms with Crippen molar-refractivity contribution in [2.75, 3.05) is 11.4 Å². The van der Waals surface area contributed by atoms with Crippen LogP contribution in [0.15, 0.2) is 16.6 Å². The number of alkyl halides is 1. The minimum atomic E-state index is -0.933. The Labute approximate surface area is 118 Å². The number of rotatable bonds is 2. The largest absolute Gasteiger partial charge is 0.310 e. The van der Waals surface area contributed by atoms with Gasteiger partial charge in [-0.15, -0.1) is 0 Å². The second-order valence-corrected chi connectivity index (χ2v) is 5.97. The van der Waals surface area contributed by atoms with Gasteiger partial charge in [0.15, 0.2) is 0 Å². The fourth-order valence-electron chi connectivity index (χ4n) is 1.77. The van der Waals surface area contributed by atoms with Crippen LogP contribution in [0.5, 0.6) is 0 Å². The normalized spacial score (nSPS) is 19.4. The molecule has 0 aromatic heterocycles. The number of amides is 1. The molecule has 1 amide bonds. The number of carbonyl (C=O) groups excluding carboxylic acids is 1. The summed E-state index contributed by atoms with van der Waals surface area (Å²) in [6, 6.07) is 2.07. The van der Waals surface area contributed by atoms with Gasteiger partial charge < -0.3 is 4.90 Å². The number of carbonyl (C=O) groups is 1. The first-order valence-corrected chi connectivity index (χ1v) is 6.69. The van der Waals surface area contributed by atoms with E-state index < -0.39 is 16.4 Å². The molecular formula is C10H7Br2FN2O3. The molecule has 1 aromatic rings. The number of nitro benzene ring substituents is 1. The van der Waals surface area contributed by atoms with E-state index in [1.165, 1.54) is 4.90 Å². The van der Waals surface area contributed by atoms with Crippen LogP contribution in [0.3, 0.4) is 0 Å². The molecule has 0 saturated carbocycles. The maximum Gasteiger partial charge on any atom is 0.306 e. The first-order chi connectivity index (χ1) is 8.40. The Morgan fingerprint density at radius 3 is 2.67 bits per heavy atom. The fourth-order valence-corrected chi connectivity index (χ4v) is 2.87. The highest BCUT2D eigenvalue weighted by atomic mass is 79.9. The number of benzene rings is 1. The number of nitrogens with zero attached hydrogens (tertiary/aromatic N) is 2. The summed E-state index contributed by atoms with van der Waals surface area (Å²) in [7, 11) is 0. The zero-order chi connectivity index (χ0) is 13.4. The first kappa shape index (κ1) is 13.4. The van der Waals surface area contributed by atoms with Crippen molar-refractivity contribution < 1.29 is 14.1 Å². The Morgan fingerprint density at radius 1 is 1.50 bits per heavy atom. The molecule has 1 aromatic carbocycles. The van der Waals surface area contributed by atoms with Gasteiger partial charge in [0.25, 0.3) is 0 Å². The molecule has 1 unspecified atom stereocenters. The van der Waals surface area contributed by atoms with E-state index in [-0.39, 0.29) is 10.7 Å². The van der Waals surface area contributed by atoms with E-state index in [9.17, 15) is 19.3 Å². The lowest BCUT2D eigenvalue weighted by Crippen LogP contribution is -2.25. The van der Waals surface area contributed by atoms with Crippen LogP contribution in [0.1, 0.15) is 6.42 Å². The number of nitro groups is 1. The summed E-state index contributed by atoms with van der Waals surface area (Å²) in [5, 5.41) is 10.7. The van der Waals surface area contributed by atoms with Crippen molar-refractivity contribution in [3.63, 3.8) is 0 Å². The molecule has 1 fully saturated rings. The number of hydrogen-bond donors (Lipinski definition) is 0. The zero-order valence-electron chi connectivity index (χ0n) is 8.90. The maximum absolute atomic E-state index is 13.4. The Bertz CT molecular complexity index is 538. The quantitative estimate of drug-likeness (QED) is 0.449. The van der Waals surface area contributed by atoms with Crippen LogP contribution in [0, 0.1) is 15.9 Å². The van der Waals surface area contributed by atoms with Crippen LogP contribution in [0.4, 0.5) is 15.8 Å². The standard InChI is InChI=1S/C10H7Br2FN2O3/c11-5-1-10(16)14(4-5)8-3-9(15(17)18)7(13)2-6(8)12/h2-3,5H,1,4H2. The topological polar surface area (TPSA) is 63.5 Å². The predicted octanol–water partition coefficient (Wildman–Crippen LogP) is 3.00. The van der Waals surface area contributed by atoms with Gasteiger partial charge in [-0.2, -0.15) is 4.39 Å². The minimum Gasteiger partial charge on any atom is -0.310 e. The van der Waals surface area contributed by atoms with Crippen LogP contribution in [0.2, 0.25) is 0 Å². The summed E-state index contributed by atoms with van der Waals surface area (Å²) in [6.07, 6.45) is 0.317. The van der Waals surface area contributed by atoms with Gasteiger partial charge in [-0.1, -0.05) is 15.9 Å². The van der Waals surface area contributed by atoms with E-state index in [2.05, 4.69) is 31.9 Å². The second-order valence-electron chi connectivity index (χ2n) is 3.82. The molecule has 8 heteroatoms. The van der Waals surface area contributed by atoms with Gasteiger partial charge in [0.1, 0.15) is 0 Å². The van der Waals surface area contributed by atoms with E-state index >= 15 is 0 Å². The van der Waals surface area contributed by atoms with E-state index in [4.69, 9.17) is 0 Å². The van der Waals surface area contributed by atoms with Crippen molar-refractivity contribution in [3.8, 4) is 0 Å². The lowest BCUT2D eigenvalue weighted by molar-refractivity contribution is -0.387. The number of halogens is 3. The first-order valence-electron chi connectivity index (χ1n) is 4.98. The van der Waals surface area contributed by atoms with Crippen LogP contribution in [-0.2, 0) is 4.79 Å². The van der Waals surface area contributed by atoms with Crippen molar-refractivity contribution in [1.82, 2.24) is 0 Å². The molecule has 2 rings (SSSR count). The van der Waals surface area contributed by atoms with Crippen LogP contribution in [0.25, 0.3) is 0 Å². The van der Waals surface area contributed by atoms with Gasteiger partial charge in [0.2, 0.25) is 11.7 Å². The molecular weight excluding hydrogens is 375 g/mol. The molecule has 18 heavy (non-hydrogen) atoms. The second kappa shape index (κ2) is 4.93. The van der Waals surface area contributed by atoms with Crippen LogP contribution >= 0.6 is 31.9 Å². The molecule has 0 spiro atoms. The SMILES string of the molecule is O=C1CC(Br)CN1c1cc([N+](=O)[O-])c(F)cc1Br. The molecule has 1 atom stereocenters. The molecule has 0 radical (unpaired) electrons. The third-order valence-corrected chi connectivity index (χ3v) is 3.83. The van der Waals surface area contributed by atoms with E-state index in [1.807, 2.05) is 0 Å². The number of anilines is 1. The highest BCUT2D eigenvalue weighted by Gasteiger charge is 2.31. The molecule has 0 bridgehead atoms. The maximum atomic E-state index is 13.4. The van der Waals surface area contributed by atoms with Gasteiger partial charge in [-0.25, -0.2) is 0 Å². The van der Waals surface area contributed by atoms with E-state index in [1.54, 1.807) is 0 Å². The third kappa shape index (κ3) is 2.39. The van der Waals surface area contributed by atoms with E-state index in [0.29, 0.717) is 23.1 Å². The van der Waals surface area contributed by atoms with E-state index in [0.717, 1.165) is 12.1 Å². The van der Waals surface area contributed by atoms with Crippen LogP contribution in [-0.4, -0.2) is 22.2 Å². The molecule has 1 heterocycles. The van der Waals surface area contributed by atoms with Crippen molar-refractivity contribution in [2.24, 2.45) is 0 Å². The average molecular weight is 382 g/mol. The van der Waals surface area contributed by atoms with Crippen molar-refractivity contribution >= 4 is 49.1 Å². The molecule has 0 aliphatic carbocycles. The zero-order valence-corrected chi connectivity index (χ0v) is 12.1. The summed E-state index contributed by atoms with van der Waals surface area (Å²) in [6.45, 7) is 0.403. The summed E-state index contributed by atoms with van der Waals surface area (Å²) in [5.41, 5.74) is -0.325. The molecule has 5 nitrogen and oxygen atoms in total. The van der Waals surface area contributed by atoms with Crippen molar-refractivity contribution in [1.29, 1.82) is 0 Å². The average Bonchev–Trinajstić information content (AvgIpc) is 2.57. The summed E-state index contributed by atoms with van der Waals surface area (Å²) in [5.74, 6) is -1.09. The lowest BCUT2D eigenvalue weighted by Gasteiger charge is -2.17. The highest BCUT2D eigenvalue weighted by molar-refractivity contribution is 9.10. The van der Waals surface area contributed by atoms with Crippen molar-refractivity contribution in [2.45, 2.75) is 11.2 Å². The molecule has 1 saturated heterocycles. The van der Waals surface area contributed by atoms with Crippen molar-refractivity contribution in [3.05, 3.63) is 32.5 Å². The summed E-state index contributed by atoms with van der Waals surface area (Å²) in [4.78, 5) is 23.0. The van der Waals surface area contributed by atoms with Gasteiger partial charge >= 0.3 is 5.69 Å². The minimum absolute atomic E-state index is 0.000934. The van der Waals surface area contributed by atoms with Gasteiger partial charge in [-0.05, 0) is 22.0 Å². The number of hydrogen-bond acceptors (Lipinski definition) is 3. The summed E-state index contributed by atoms with van der Waals surface area (Å²) < 4.78 is 13.7. The van der Waals surface area contributed by atoms with Gasteiger partial charge in [0.05, 0.1) is 10.6 Å². The third-order valence-electron chi connectivity index (χ3n) is 2.58. The Hall–Kier alpha value is -1.02. The predicted molar refractivity (Wildman–Crippen MR) is 70.4 cm³/mol. The Morgan fingerprint density at radius 2 is 2.17 bits per heavy atom. The molecule has 1 aliphatic rings. The Balaban J connectivity index is 2.48. The van der Waals surface area contributed by atoms with Gasteiger partial charge in [0, 0.05) is 28.3 Å². The molecule has 96 valence electrons. The molecule has 0 N–H and O–H groups in total. The van der Waals surface area contributed by atoms with Crippen LogP contribution < -0.4 is 4.90 Å². The Kier molecular flexibility index (Phi) is 3.67. The summed E-state index contributed by atoms with van der Waals surface area (Å²) >= 11 is 6.43. The smallest absolute Gasteiger partial charge is 0.306 e. The molecule has 1 aliphatic heterocycles. The highest BCUT2D eigenvalue weighted by Crippen LogP contribution is 2.35.